The summed E-state index contributed by atoms with van der Waals surface area (Å²) in [6.45, 7) is 10.6. The molecule has 5 aliphatic heterocycles. The number of unbranched alkanes of at least 4 members (excludes halogenated alkanes) is 3. The lowest BCUT2D eigenvalue weighted by Crippen LogP contribution is -2.79. The summed E-state index contributed by atoms with van der Waals surface area (Å²) >= 11 is 0. The number of aryl methyl sites for hydroxylation is 1. The first kappa shape index (κ1) is 42.8. The average Bonchev–Trinajstić information content (AvgIpc) is 3.50. The number of esters is 2. The number of ketones is 1. The Labute approximate surface area is 367 Å². The summed E-state index contributed by atoms with van der Waals surface area (Å²) < 4.78 is 33.2. The third-order valence-corrected chi connectivity index (χ3v) is 18.0. The van der Waals surface area contributed by atoms with E-state index < -0.39 is 63.8 Å². The van der Waals surface area contributed by atoms with Gasteiger partial charge in [0.15, 0.2) is 11.9 Å². The Morgan fingerprint density at radius 3 is 2.56 bits per heavy atom. The van der Waals surface area contributed by atoms with Crippen molar-refractivity contribution < 1.29 is 42.9 Å². The fourth-order valence-corrected chi connectivity index (χ4v) is 15.5. The van der Waals surface area contributed by atoms with Crippen LogP contribution in [0.1, 0.15) is 141 Å². The molecular weight excluding hydrogens is 785 g/mol. The van der Waals surface area contributed by atoms with Gasteiger partial charge in [0.05, 0.1) is 30.3 Å². The number of aliphatic hydroxyl groups is 1. The molecule has 3 aliphatic carbocycles. The molecule has 0 radical (unpaired) electrons. The predicted octanol–water partition coefficient (Wildman–Crippen LogP) is 7.57. The smallest absolute Gasteiger partial charge is 0.339 e. The molecule has 14 atom stereocenters. The van der Waals surface area contributed by atoms with Crippen LogP contribution in [-0.4, -0.2) is 78.2 Å². The van der Waals surface area contributed by atoms with Crippen molar-refractivity contribution >= 4 is 17.7 Å². The molecule has 3 saturated carbocycles. The van der Waals surface area contributed by atoms with E-state index in [0.29, 0.717) is 37.1 Å². The number of cyclic esters (lactones) is 2. The first-order valence-electron chi connectivity index (χ1n) is 24.4. The van der Waals surface area contributed by atoms with E-state index in [1.807, 2.05) is 19.1 Å². The van der Waals surface area contributed by atoms with E-state index in [4.69, 9.17) is 23.4 Å². The second kappa shape index (κ2) is 16.1. The molecule has 2 aromatic rings. The lowest BCUT2D eigenvalue weighted by Gasteiger charge is -2.70. The summed E-state index contributed by atoms with van der Waals surface area (Å²) in [5, 5.41) is 20.4. The minimum Gasteiger partial charge on any atom is -0.469 e. The lowest BCUT2D eigenvalue weighted by atomic mass is 9.32. The number of nitrogens with one attached hydrogen (secondary N) is 2. The molecule has 2 spiro atoms. The van der Waals surface area contributed by atoms with Crippen molar-refractivity contribution in [2.75, 3.05) is 19.8 Å². The Morgan fingerprint density at radius 2 is 1.77 bits per heavy atom. The molecule has 8 aliphatic rings. The van der Waals surface area contributed by atoms with Crippen LogP contribution in [0.3, 0.4) is 0 Å². The lowest BCUT2D eigenvalue weighted by molar-refractivity contribution is -0.276. The third-order valence-electron chi connectivity index (χ3n) is 18.0. The van der Waals surface area contributed by atoms with E-state index in [9.17, 15) is 14.7 Å². The summed E-state index contributed by atoms with van der Waals surface area (Å²) in [6.07, 6.45) is 11.8. The summed E-state index contributed by atoms with van der Waals surface area (Å²) in [6, 6.07) is 13.1. The van der Waals surface area contributed by atoms with Gasteiger partial charge >= 0.3 is 11.9 Å². The highest BCUT2D eigenvalue weighted by Gasteiger charge is 2.93. The number of rotatable bonds is 14. The van der Waals surface area contributed by atoms with Crippen LogP contribution in [0.5, 0.6) is 0 Å². The van der Waals surface area contributed by atoms with E-state index in [-0.39, 0.29) is 36.6 Å². The van der Waals surface area contributed by atoms with Gasteiger partial charge in [0.2, 0.25) is 0 Å². The number of furan rings is 1. The first-order chi connectivity index (χ1) is 29.9. The topological polar surface area (TPSA) is 149 Å². The minimum atomic E-state index is -1.41. The van der Waals surface area contributed by atoms with Crippen LogP contribution in [0, 0.1) is 45.8 Å². The SMILES string of the molecule is CC(C)CCC1(C)OC2CC(=O)OCC23C1C(=O)C(O)C1(C2CCCC(Cc4ccccc4)C2)C3CCC2(C)C(c3ccoc3CCCCCCC3CNCN3)OC(=O)C3OC321. The zero-order valence-corrected chi connectivity index (χ0v) is 37.5. The van der Waals surface area contributed by atoms with Gasteiger partial charge in [-0.2, -0.15) is 0 Å². The molecule has 338 valence electrons. The molecule has 5 saturated heterocycles. The van der Waals surface area contributed by atoms with Gasteiger partial charge in [-0.05, 0) is 100 Å². The highest BCUT2D eigenvalue weighted by molar-refractivity contribution is 5.92. The molecule has 1 aromatic carbocycles. The molecular formula is C51H70N2O9. The Morgan fingerprint density at radius 1 is 0.952 bits per heavy atom. The molecule has 14 unspecified atom stereocenters. The molecule has 1 aromatic heterocycles. The van der Waals surface area contributed by atoms with Gasteiger partial charge in [-0.15, -0.1) is 0 Å². The van der Waals surface area contributed by atoms with Gasteiger partial charge < -0.3 is 39.1 Å². The monoisotopic (exact) mass is 855 g/mol. The molecule has 11 nitrogen and oxygen atoms in total. The fraction of sp³-hybridized carbons (Fsp3) is 0.745. The maximum atomic E-state index is 15.9. The second-order valence-corrected chi connectivity index (χ2v) is 21.8. The Hall–Kier alpha value is -3.09. The second-order valence-electron chi connectivity index (χ2n) is 21.8. The van der Waals surface area contributed by atoms with E-state index in [1.54, 1.807) is 6.26 Å². The standard InChI is InChI=1S/C51H70N2O9/c1-31(2)19-23-48(4)42-41(55)43(56)50(34-16-12-15-33(26-34)25-32-13-8-7-9-14-32)38(49(42)29-59-40(54)27-39(49)61-48)20-22-47(3)44(60-46(57)45-51(47,50)62-45)36-21-24-58-37(36)18-11-6-5-10-17-35-28-52-30-53-35/h7-9,13-14,21,24,31,33-35,38-39,42-45,52-53,56H,5-6,10-12,15-20,22-23,25-30H2,1-4H3. The average molecular weight is 855 g/mol. The zero-order chi connectivity index (χ0) is 43.1. The van der Waals surface area contributed by atoms with Gasteiger partial charge in [0.1, 0.15) is 30.2 Å². The summed E-state index contributed by atoms with van der Waals surface area (Å²) in [5.41, 5.74) is -2.76. The van der Waals surface area contributed by atoms with Crippen LogP contribution < -0.4 is 10.6 Å². The zero-order valence-electron chi connectivity index (χ0n) is 37.5. The number of fused-ring (bicyclic) bond motifs is 1. The van der Waals surface area contributed by atoms with Crippen molar-refractivity contribution in [3.8, 4) is 0 Å². The number of carbonyl (C=O) groups is 3. The van der Waals surface area contributed by atoms with E-state index in [1.165, 1.54) is 12.0 Å². The van der Waals surface area contributed by atoms with Crippen LogP contribution in [0.2, 0.25) is 0 Å². The summed E-state index contributed by atoms with van der Waals surface area (Å²) in [5.74, 6) is -0.557. The third kappa shape index (κ3) is 6.39. The molecule has 11 heteroatoms. The van der Waals surface area contributed by atoms with Crippen molar-refractivity contribution in [3.63, 3.8) is 0 Å². The first-order valence-corrected chi connectivity index (χ1v) is 24.4. The molecule has 3 N–H and O–H groups in total. The van der Waals surface area contributed by atoms with Crippen molar-refractivity contribution in [2.24, 2.45) is 45.8 Å². The molecule has 62 heavy (non-hydrogen) atoms. The molecule has 8 fully saturated rings. The van der Waals surface area contributed by atoms with E-state index >= 15 is 4.79 Å². The van der Waals surface area contributed by atoms with Crippen LogP contribution >= 0.6 is 0 Å². The predicted molar refractivity (Wildman–Crippen MR) is 230 cm³/mol. The number of aliphatic hydroxyl groups excluding tert-OH is 1. The highest BCUT2D eigenvalue weighted by Crippen LogP contribution is 2.83. The van der Waals surface area contributed by atoms with Crippen molar-refractivity contribution in [2.45, 2.75) is 172 Å². The molecule has 0 bridgehead atoms. The van der Waals surface area contributed by atoms with Crippen molar-refractivity contribution in [1.29, 1.82) is 0 Å². The van der Waals surface area contributed by atoms with E-state index in [2.05, 4.69) is 55.7 Å². The molecule has 10 rings (SSSR count). The fourth-order valence-electron chi connectivity index (χ4n) is 15.5. The highest BCUT2D eigenvalue weighted by atomic mass is 16.7. The minimum absolute atomic E-state index is 0.0642. The number of hydrogen-bond donors (Lipinski definition) is 3. The summed E-state index contributed by atoms with van der Waals surface area (Å²) in [4.78, 5) is 43.8. The van der Waals surface area contributed by atoms with Crippen LogP contribution in [0.15, 0.2) is 47.1 Å². The van der Waals surface area contributed by atoms with Crippen LogP contribution in [-0.2, 0) is 46.2 Å². The Kier molecular flexibility index (Phi) is 11.1. The number of benzene rings is 1. The van der Waals surface area contributed by atoms with Gasteiger partial charge in [0, 0.05) is 47.5 Å². The summed E-state index contributed by atoms with van der Waals surface area (Å²) in [7, 11) is 0. The maximum Gasteiger partial charge on any atom is 0.339 e. The van der Waals surface area contributed by atoms with Crippen molar-refractivity contribution in [3.05, 3.63) is 59.5 Å². The van der Waals surface area contributed by atoms with Crippen LogP contribution in [0.25, 0.3) is 0 Å². The Balaban J connectivity index is 1.05. The van der Waals surface area contributed by atoms with Gasteiger partial charge in [-0.25, -0.2) is 4.79 Å². The van der Waals surface area contributed by atoms with E-state index in [0.717, 1.165) is 95.2 Å². The van der Waals surface area contributed by atoms with Gasteiger partial charge in [0.25, 0.3) is 0 Å². The van der Waals surface area contributed by atoms with Gasteiger partial charge in [-0.1, -0.05) is 83.2 Å². The molecule has 6 heterocycles. The number of ether oxygens (including phenoxy) is 4. The normalized spacial score (nSPS) is 43.3. The number of carbonyl (C=O) groups excluding carboxylic acids is 3. The quantitative estimate of drug-likeness (QED) is 0.0982. The van der Waals surface area contributed by atoms with Crippen LogP contribution in [0.4, 0.5) is 0 Å². The number of Topliss-reactive ketones (excluding diaryl/α,β-unsaturated/α-hetero) is 1. The number of epoxide rings is 1. The number of hydrogen-bond acceptors (Lipinski definition) is 11. The maximum absolute atomic E-state index is 15.9. The Bertz CT molecular complexity index is 2000. The molecule has 0 amide bonds. The van der Waals surface area contributed by atoms with Crippen molar-refractivity contribution in [1.82, 2.24) is 10.6 Å². The largest absolute Gasteiger partial charge is 0.469 e. The van der Waals surface area contributed by atoms with Gasteiger partial charge in [-0.3, -0.25) is 9.59 Å².